The molecule has 2 aromatic carbocycles. The second kappa shape index (κ2) is 10.7. The highest BCUT2D eigenvalue weighted by Gasteiger charge is 2.14. The highest BCUT2D eigenvalue weighted by Crippen LogP contribution is 2.15. The van der Waals surface area contributed by atoms with Gasteiger partial charge in [0.05, 0.1) is 13.7 Å². The van der Waals surface area contributed by atoms with Gasteiger partial charge in [0.2, 0.25) is 0 Å². The predicted octanol–water partition coefficient (Wildman–Crippen LogP) is 2.63. The lowest BCUT2D eigenvalue weighted by Crippen LogP contribution is -2.38. The Morgan fingerprint density at radius 3 is 2.25 bits per heavy atom. The molecule has 7 nitrogen and oxygen atoms in total. The maximum Gasteiger partial charge on any atom is 0.281 e. The highest BCUT2D eigenvalue weighted by atomic mass is 16.5. The normalized spacial score (nSPS) is 10.9. The van der Waals surface area contributed by atoms with E-state index in [-0.39, 0.29) is 5.70 Å². The number of carbonyl (C=O) groups is 2. The second-order valence-electron chi connectivity index (χ2n) is 5.99. The Hall–Kier alpha value is -3.32. The molecule has 0 saturated carbocycles. The SMILES string of the molecule is CCCCOc1ccc(C(=O)N/C(=C/c2ccc(OC)cc2)C(=O)NN)cc1. The molecule has 0 saturated heterocycles. The topological polar surface area (TPSA) is 103 Å². The van der Waals surface area contributed by atoms with Gasteiger partial charge in [-0.15, -0.1) is 0 Å². The first-order valence-electron chi connectivity index (χ1n) is 8.98. The molecule has 0 bridgehead atoms. The van der Waals surface area contributed by atoms with E-state index < -0.39 is 11.8 Å². The molecule has 0 radical (unpaired) electrons. The van der Waals surface area contributed by atoms with Crippen molar-refractivity contribution in [2.24, 2.45) is 5.84 Å². The molecule has 0 spiro atoms. The van der Waals surface area contributed by atoms with Gasteiger partial charge in [0.25, 0.3) is 11.8 Å². The number of hydrazine groups is 1. The number of hydrogen-bond donors (Lipinski definition) is 3. The van der Waals surface area contributed by atoms with Crippen LogP contribution < -0.4 is 26.1 Å². The van der Waals surface area contributed by atoms with Crippen LogP contribution in [0.5, 0.6) is 11.5 Å². The predicted molar refractivity (Wildman–Crippen MR) is 108 cm³/mol. The number of benzene rings is 2. The van der Waals surface area contributed by atoms with E-state index >= 15 is 0 Å². The number of nitrogens with two attached hydrogens (primary N) is 1. The molecule has 2 amide bonds. The number of hydrogen-bond acceptors (Lipinski definition) is 5. The lowest BCUT2D eigenvalue weighted by atomic mass is 10.1. The minimum atomic E-state index is -0.608. The summed E-state index contributed by atoms with van der Waals surface area (Å²) in [6.07, 6.45) is 3.55. The summed E-state index contributed by atoms with van der Waals surface area (Å²) < 4.78 is 10.7. The first-order chi connectivity index (χ1) is 13.6. The van der Waals surface area contributed by atoms with Crippen LogP contribution in [0.4, 0.5) is 0 Å². The second-order valence-corrected chi connectivity index (χ2v) is 5.99. The van der Waals surface area contributed by atoms with E-state index in [0.29, 0.717) is 29.2 Å². The van der Waals surface area contributed by atoms with Gasteiger partial charge < -0.3 is 14.8 Å². The van der Waals surface area contributed by atoms with Gasteiger partial charge in [-0.3, -0.25) is 15.0 Å². The fourth-order valence-corrected chi connectivity index (χ4v) is 2.33. The first kappa shape index (κ1) is 21.0. The molecule has 0 fully saturated rings. The van der Waals surface area contributed by atoms with Crippen LogP contribution in [0.25, 0.3) is 6.08 Å². The third kappa shape index (κ3) is 6.14. The minimum absolute atomic E-state index is 0.0286. The van der Waals surface area contributed by atoms with Gasteiger partial charge in [-0.05, 0) is 54.5 Å². The molecular formula is C21H25N3O4. The summed E-state index contributed by atoms with van der Waals surface area (Å²) in [6, 6.07) is 13.8. The Morgan fingerprint density at radius 2 is 1.68 bits per heavy atom. The number of amides is 2. The molecule has 0 atom stereocenters. The van der Waals surface area contributed by atoms with E-state index in [2.05, 4.69) is 12.2 Å². The summed E-state index contributed by atoms with van der Waals surface area (Å²) in [6.45, 7) is 2.72. The molecule has 0 unspecified atom stereocenters. The largest absolute Gasteiger partial charge is 0.497 e. The Morgan fingerprint density at radius 1 is 1.04 bits per heavy atom. The standard InChI is InChI=1S/C21H25N3O4/c1-3-4-13-28-18-11-7-16(8-12-18)20(25)23-19(21(26)24-22)14-15-5-9-17(27-2)10-6-15/h5-12,14H,3-4,13,22H2,1-2H3,(H,23,25)(H,24,26)/b19-14+. The molecule has 4 N–H and O–H groups in total. The van der Waals surface area contributed by atoms with E-state index in [0.717, 1.165) is 12.8 Å². The molecule has 0 aliphatic carbocycles. The average molecular weight is 383 g/mol. The van der Waals surface area contributed by atoms with Crippen LogP contribution in [0.2, 0.25) is 0 Å². The van der Waals surface area contributed by atoms with Crippen molar-refractivity contribution in [2.75, 3.05) is 13.7 Å². The zero-order valence-electron chi connectivity index (χ0n) is 16.0. The van der Waals surface area contributed by atoms with Crippen LogP contribution in [0, 0.1) is 0 Å². The smallest absolute Gasteiger partial charge is 0.281 e. The first-order valence-corrected chi connectivity index (χ1v) is 8.98. The summed E-state index contributed by atoms with van der Waals surface area (Å²) in [7, 11) is 1.57. The third-order valence-electron chi connectivity index (χ3n) is 3.93. The summed E-state index contributed by atoms with van der Waals surface area (Å²) in [5.41, 5.74) is 3.17. The van der Waals surface area contributed by atoms with Crippen LogP contribution >= 0.6 is 0 Å². The van der Waals surface area contributed by atoms with E-state index in [1.807, 2.05) is 5.43 Å². The molecule has 0 heterocycles. The monoisotopic (exact) mass is 383 g/mol. The quantitative estimate of drug-likeness (QED) is 0.203. The number of carbonyl (C=O) groups excluding carboxylic acids is 2. The van der Waals surface area contributed by atoms with Gasteiger partial charge in [0.15, 0.2) is 0 Å². The minimum Gasteiger partial charge on any atom is -0.497 e. The number of unbranched alkanes of at least 4 members (excludes halogenated alkanes) is 1. The van der Waals surface area contributed by atoms with Crippen molar-refractivity contribution in [3.05, 3.63) is 65.4 Å². The number of nitrogens with one attached hydrogen (secondary N) is 2. The van der Waals surface area contributed by atoms with Gasteiger partial charge in [0, 0.05) is 5.56 Å². The Kier molecular flexibility index (Phi) is 8.05. The van der Waals surface area contributed by atoms with Gasteiger partial charge in [-0.1, -0.05) is 25.5 Å². The number of methoxy groups -OCH3 is 1. The van der Waals surface area contributed by atoms with E-state index in [1.165, 1.54) is 6.08 Å². The highest BCUT2D eigenvalue weighted by molar-refractivity contribution is 6.05. The molecule has 28 heavy (non-hydrogen) atoms. The van der Waals surface area contributed by atoms with E-state index in [1.54, 1.807) is 55.6 Å². The van der Waals surface area contributed by atoms with Gasteiger partial charge >= 0.3 is 0 Å². The van der Waals surface area contributed by atoms with Gasteiger partial charge in [-0.2, -0.15) is 0 Å². The maximum atomic E-state index is 12.5. The Balaban J connectivity index is 2.11. The van der Waals surface area contributed by atoms with Crippen LogP contribution in [0.15, 0.2) is 54.2 Å². The maximum absolute atomic E-state index is 12.5. The summed E-state index contributed by atoms with van der Waals surface area (Å²) in [4.78, 5) is 24.5. The third-order valence-corrected chi connectivity index (χ3v) is 3.93. The fourth-order valence-electron chi connectivity index (χ4n) is 2.33. The van der Waals surface area contributed by atoms with Crippen molar-refractivity contribution in [1.82, 2.24) is 10.7 Å². The molecule has 148 valence electrons. The molecule has 2 aromatic rings. The van der Waals surface area contributed by atoms with Crippen LogP contribution in [-0.4, -0.2) is 25.5 Å². The number of rotatable bonds is 9. The number of ether oxygens (including phenoxy) is 2. The molecule has 0 aromatic heterocycles. The summed E-state index contributed by atoms with van der Waals surface area (Å²) in [5.74, 6) is 5.58. The Bertz CT molecular complexity index is 815. The lowest BCUT2D eigenvalue weighted by molar-refractivity contribution is -0.117. The lowest BCUT2D eigenvalue weighted by Gasteiger charge is -2.10. The van der Waals surface area contributed by atoms with Crippen molar-refractivity contribution in [3.63, 3.8) is 0 Å². The Labute approximate surface area is 164 Å². The van der Waals surface area contributed by atoms with Crippen molar-refractivity contribution >= 4 is 17.9 Å². The zero-order chi connectivity index (χ0) is 20.4. The van der Waals surface area contributed by atoms with Crippen molar-refractivity contribution in [3.8, 4) is 11.5 Å². The molecule has 0 aliphatic heterocycles. The van der Waals surface area contributed by atoms with Gasteiger partial charge in [0.1, 0.15) is 17.2 Å². The van der Waals surface area contributed by atoms with Crippen LogP contribution in [0.1, 0.15) is 35.7 Å². The van der Waals surface area contributed by atoms with E-state index in [9.17, 15) is 9.59 Å². The average Bonchev–Trinajstić information content (AvgIpc) is 2.73. The molecule has 7 heteroatoms. The summed E-state index contributed by atoms with van der Waals surface area (Å²) >= 11 is 0. The van der Waals surface area contributed by atoms with Crippen LogP contribution in [-0.2, 0) is 4.79 Å². The summed E-state index contributed by atoms with van der Waals surface area (Å²) in [5, 5.41) is 2.59. The van der Waals surface area contributed by atoms with Gasteiger partial charge in [-0.25, -0.2) is 5.84 Å². The molecular weight excluding hydrogens is 358 g/mol. The zero-order valence-corrected chi connectivity index (χ0v) is 16.0. The van der Waals surface area contributed by atoms with Crippen molar-refractivity contribution in [2.45, 2.75) is 19.8 Å². The van der Waals surface area contributed by atoms with Crippen LogP contribution in [0.3, 0.4) is 0 Å². The van der Waals surface area contributed by atoms with Crippen molar-refractivity contribution in [1.29, 1.82) is 0 Å². The van der Waals surface area contributed by atoms with E-state index in [4.69, 9.17) is 15.3 Å². The van der Waals surface area contributed by atoms with Crippen molar-refractivity contribution < 1.29 is 19.1 Å². The fraction of sp³-hybridized carbons (Fsp3) is 0.238. The molecule has 2 rings (SSSR count). The molecule has 0 aliphatic rings.